The average molecular weight is 779 g/mol. The summed E-state index contributed by atoms with van der Waals surface area (Å²) >= 11 is 0. The maximum absolute atomic E-state index is 14.1. The molecule has 304 valence electrons. The van der Waals surface area contributed by atoms with E-state index in [1.54, 1.807) is 72.0 Å². The van der Waals surface area contributed by atoms with Crippen LogP contribution < -0.4 is 26.7 Å². The maximum atomic E-state index is 14.1. The molecule has 6 N–H and O–H groups in total. The molecule has 0 unspecified atom stereocenters. The smallest absolute Gasteiger partial charge is 0.408 e. The van der Waals surface area contributed by atoms with Gasteiger partial charge in [0.05, 0.1) is 18.5 Å². The Bertz CT molecular complexity index is 1840. The van der Waals surface area contributed by atoms with E-state index in [9.17, 15) is 38.7 Å². The van der Waals surface area contributed by atoms with Gasteiger partial charge in [-0.15, -0.1) is 0 Å². The molecule has 0 aliphatic carbocycles. The van der Waals surface area contributed by atoms with Crippen LogP contribution in [0.3, 0.4) is 0 Å². The molecule has 0 bridgehead atoms. The highest BCUT2D eigenvalue weighted by Crippen LogP contribution is 2.22. The second-order valence-corrected chi connectivity index (χ2v) is 14.7. The fourth-order valence-corrected chi connectivity index (χ4v) is 5.79. The Kier molecular flexibility index (Phi) is 16.6. The number of hydrogen-bond acceptors (Lipinski definition) is 9. The van der Waals surface area contributed by atoms with Gasteiger partial charge in [-0.3, -0.25) is 38.2 Å². The van der Waals surface area contributed by atoms with E-state index in [-0.39, 0.29) is 13.0 Å². The summed E-state index contributed by atoms with van der Waals surface area (Å²) in [6, 6.07) is 11.0. The third-order valence-electron chi connectivity index (χ3n) is 9.22. The number of para-hydroxylation sites is 1. The van der Waals surface area contributed by atoms with Gasteiger partial charge in [0, 0.05) is 18.0 Å². The number of hydroxylamine groups is 1. The van der Waals surface area contributed by atoms with E-state index < -0.39 is 83.7 Å². The summed E-state index contributed by atoms with van der Waals surface area (Å²) in [5.41, 5.74) is 3.48. The maximum Gasteiger partial charge on any atom is 0.408 e. The largest absolute Gasteiger partial charge is 0.481 e. The number of benzene rings is 2. The minimum absolute atomic E-state index is 0.0457. The Morgan fingerprint density at radius 1 is 0.768 bits per heavy atom. The van der Waals surface area contributed by atoms with E-state index in [2.05, 4.69) is 26.7 Å². The van der Waals surface area contributed by atoms with Crippen molar-refractivity contribution in [3.63, 3.8) is 0 Å². The lowest BCUT2D eigenvalue weighted by Crippen LogP contribution is -2.61. The number of carboxylic acids is 1. The molecule has 0 spiro atoms. The number of aromatic nitrogens is 1. The number of carbonyl (C=O) groups is 7. The third-order valence-corrected chi connectivity index (χ3v) is 9.22. The first-order valence-electron chi connectivity index (χ1n) is 18.6. The number of carboxylic acid groups (broad SMARTS) is 1. The van der Waals surface area contributed by atoms with Crippen molar-refractivity contribution in [2.24, 2.45) is 11.8 Å². The molecule has 0 aliphatic heterocycles. The Morgan fingerprint density at radius 2 is 1.34 bits per heavy atom. The fourth-order valence-electron chi connectivity index (χ4n) is 5.79. The van der Waals surface area contributed by atoms with Gasteiger partial charge >= 0.3 is 12.1 Å². The normalized spacial score (nSPS) is 14.6. The Labute approximate surface area is 326 Å². The molecule has 3 rings (SSSR count). The molecule has 0 saturated carbocycles. The summed E-state index contributed by atoms with van der Waals surface area (Å²) in [7, 11) is 0. The van der Waals surface area contributed by atoms with Gasteiger partial charge in [-0.1, -0.05) is 89.1 Å². The average Bonchev–Trinajstić information content (AvgIpc) is 3.51. The zero-order chi connectivity index (χ0) is 41.6. The van der Waals surface area contributed by atoms with Crippen LogP contribution in [0.5, 0.6) is 0 Å². The molecule has 3 aromatic rings. The van der Waals surface area contributed by atoms with Gasteiger partial charge in [0.15, 0.2) is 0 Å². The van der Waals surface area contributed by atoms with Gasteiger partial charge in [-0.05, 0) is 49.8 Å². The number of nitrogens with one attached hydrogen (secondary N) is 5. The molecule has 0 radical (unpaired) electrons. The van der Waals surface area contributed by atoms with E-state index in [4.69, 9.17) is 9.57 Å². The van der Waals surface area contributed by atoms with E-state index in [1.165, 1.54) is 4.57 Å². The first-order valence-corrected chi connectivity index (χ1v) is 18.6. The number of nitrogens with zero attached hydrogens (tertiary/aromatic N) is 1. The van der Waals surface area contributed by atoms with Crippen LogP contribution in [-0.4, -0.2) is 81.5 Å². The van der Waals surface area contributed by atoms with Crippen molar-refractivity contribution in [1.29, 1.82) is 0 Å². The van der Waals surface area contributed by atoms with Crippen molar-refractivity contribution in [1.82, 2.24) is 31.3 Å². The molecular weight excluding hydrogens is 724 g/mol. The van der Waals surface area contributed by atoms with Crippen LogP contribution in [-0.2, 0) is 51.4 Å². The van der Waals surface area contributed by atoms with E-state index >= 15 is 0 Å². The Hall–Kier alpha value is -5.77. The zero-order valence-electron chi connectivity index (χ0n) is 32.9. The van der Waals surface area contributed by atoms with Crippen molar-refractivity contribution >= 4 is 53.0 Å². The second-order valence-electron chi connectivity index (χ2n) is 14.7. The molecular formula is C40H54N6O10. The predicted molar refractivity (Wildman–Crippen MR) is 207 cm³/mol. The van der Waals surface area contributed by atoms with E-state index in [0.29, 0.717) is 35.7 Å². The molecule has 5 amide bonds. The molecule has 16 nitrogen and oxygen atoms in total. The summed E-state index contributed by atoms with van der Waals surface area (Å²) in [5, 5.41) is 20.5. The van der Waals surface area contributed by atoms with Crippen molar-refractivity contribution in [2.45, 2.75) is 111 Å². The number of fused-ring (bicyclic) bond motifs is 1. The Balaban J connectivity index is 1.88. The molecule has 0 saturated heterocycles. The standard InChI is InChI=1S/C40H54N6O10/c1-8-24(3)33(44-38(53)34(25(4)9-2)43-35(50)30(20-32(48)49)42-39(54)56-40(5,6)7)37(52)41-29(36(51)45-55-22-26-15-11-10-12-16-26)19-27-21-46(23-47)31-18-14-13-17-28(27)31/h10-18,21,23-25,29-30,33-34H,8-9,19-20,22H2,1-7H3,(H,41,52)(H,42,54)(H,43,50)(H,44,53)(H,45,51)(H,48,49)/t24-,25-,29-,30-,33-,34-/m0/s1. The molecule has 0 fully saturated rings. The summed E-state index contributed by atoms with van der Waals surface area (Å²) in [5.74, 6) is -5.39. The molecule has 6 atom stereocenters. The summed E-state index contributed by atoms with van der Waals surface area (Å²) in [4.78, 5) is 96.7. The number of carbonyl (C=O) groups excluding carboxylic acids is 6. The lowest BCUT2D eigenvalue weighted by Gasteiger charge is -2.30. The predicted octanol–water partition coefficient (Wildman–Crippen LogP) is 3.38. The SMILES string of the molecule is CC[C@H](C)[C@H](NC(=O)[C@H](CC(=O)O)NC(=O)OC(C)(C)C)C(=O)N[C@H](C(=O)N[C@@H](Cc1cn(C=O)c2ccccc12)C(=O)NOCc1ccccc1)[C@@H](C)CC. The summed E-state index contributed by atoms with van der Waals surface area (Å²) in [6.07, 6.45) is 1.21. The molecule has 0 aliphatic rings. The van der Waals surface area contributed by atoms with Gasteiger partial charge in [0.1, 0.15) is 29.8 Å². The van der Waals surface area contributed by atoms with Crippen LogP contribution in [0.1, 0.15) is 78.9 Å². The first kappa shape index (κ1) is 44.6. The monoisotopic (exact) mass is 778 g/mol. The highest BCUT2D eigenvalue weighted by atomic mass is 16.7. The van der Waals surface area contributed by atoms with Crippen LogP contribution in [0.2, 0.25) is 0 Å². The number of ether oxygens (including phenoxy) is 1. The summed E-state index contributed by atoms with van der Waals surface area (Å²) in [6.45, 7) is 11.9. The van der Waals surface area contributed by atoms with Crippen LogP contribution in [0.25, 0.3) is 10.9 Å². The van der Waals surface area contributed by atoms with Crippen LogP contribution in [0, 0.1) is 11.8 Å². The van der Waals surface area contributed by atoms with Gasteiger partial charge in [-0.25, -0.2) is 10.3 Å². The lowest BCUT2D eigenvalue weighted by atomic mass is 9.94. The third kappa shape index (κ3) is 13.2. The minimum atomic E-state index is -1.58. The number of amides is 5. The molecule has 2 aromatic carbocycles. The molecule has 16 heteroatoms. The quantitative estimate of drug-likeness (QED) is 0.0725. The van der Waals surface area contributed by atoms with Crippen molar-refractivity contribution in [3.05, 3.63) is 71.9 Å². The number of rotatable bonds is 20. The first-order chi connectivity index (χ1) is 26.5. The number of alkyl carbamates (subject to hydrolysis) is 1. The summed E-state index contributed by atoms with van der Waals surface area (Å²) < 4.78 is 6.57. The molecule has 56 heavy (non-hydrogen) atoms. The van der Waals surface area contributed by atoms with Gasteiger partial charge in [0.2, 0.25) is 24.1 Å². The molecule has 1 aromatic heterocycles. The molecule has 1 heterocycles. The van der Waals surface area contributed by atoms with Crippen molar-refractivity contribution < 1.29 is 48.2 Å². The van der Waals surface area contributed by atoms with Crippen LogP contribution >= 0.6 is 0 Å². The highest BCUT2D eigenvalue weighted by molar-refractivity contribution is 5.97. The van der Waals surface area contributed by atoms with Gasteiger partial charge in [-0.2, -0.15) is 0 Å². The lowest BCUT2D eigenvalue weighted by molar-refractivity contribution is -0.141. The minimum Gasteiger partial charge on any atom is -0.481 e. The van der Waals surface area contributed by atoms with Gasteiger partial charge in [0.25, 0.3) is 5.91 Å². The van der Waals surface area contributed by atoms with Gasteiger partial charge < -0.3 is 31.1 Å². The van der Waals surface area contributed by atoms with Crippen LogP contribution in [0.4, 0.5) is 4.79 Å². The van der Waals surface area contributed by atoms with E-state index in [1.807, 2.05) is 37.3 Å². The van der Waals surface area contributed by atoms with Crippen molar-refractivity contribution in [2.75, 3.05) is 0 Å². The van der Waals surface area contributed by atoms with Crippen LogP contribution in [0.15, 0.2) is 60.8 Å². The van der Waals surface area contributed by atoms with E-state index in [0.717, 1.165) is 5.56 Å². The second kappa shape index (κ2) is 20.8. The van der Waals surface area contributed by atoms with Crippen molar-refractivity contribution in [3.8, 4) is 0 Å². The number of hydrogen-bond donors (Lipinski definition) is 6. The zero-order valence-corrected chi connectivity index (χ0v) is 32.9. The number of aliphatic carboxylic acids is 1. The topological polar surface area (TPSA) is 223 Å². The highest BCUT2D eigenvalue weighted by Gasteiger charge is 2.36. The fraction of sp³-hybridized carbons (Fsp3) is 0.475. The Morgan fingerprint density at radius 3 is 1.91 bits per heavy atom.